The van der Waals surface area contributed by atoms with Crippen LogP contribution in [0.15, 0.2) is 435 Å². The fraction of sp³-hybridized carbons (Fsp3) is 0.0189. The summed E-state index contributed by atoms with van der Waals surface area (Å²) < 4.78 is 5.26. The number of halogens is 5. The number of rotatable bonds is 5. The first kappa shape index (κ1) is 74.0. The maximum Gasteiger partial charge on any atom is 0.194 e. The molecule has 4 aliphatic carbocycles. The summed E-state index contributed by atoms with van der Waals surface area (Å²) >= 11 is 18.2. The predicted octanol–water partition coefficient (Wildman–Crippen LogP) is 30.4. The van der Waals surface area contributed by atoms with E-state index in [2.05, 4.69) is 404 Å². The molecule has 0 aromatic heterocycles. The Balaban J connectivity index is 0.000000101. The molecule has 2 heterocycles. The molecule has 2 spiro atoms. The molecule has 2 aliphatic heterocycles. The average Bonchev–Trinajstić information content (AvgIpc) is 1.49. The van der Waals surface area contributed by atoms with E-state index in [1.54, 1.807) is 0 Å². The van der Waals surface area contributed by atoms with Gasteiger partial charge in [-0.15, -0.1) is 0 Å². The van der Waals surface area contributed by atoms with Gasteiger partial charge in [0.15, 0.2) is 11.6 Å². The van der Waals surface area contributed by atoms with E-state index in [1.807, 2.05) is 103 Å². The predicted molar refractivity (Wildman–Crippen MR) is 494 cm³/mol. The van der Waals surface area contributed by atoms with Gasteiger partial charge in [-0.3, -0.25) is 9.59 Å². The van der Waals surface area contributed by atoms with Crippen LogP contribution >= 0.6 is 79.6 Å². The number of fused-ring (bicyclic) bond motifs is 24. The van der Waals surface area contributed by atoms with Gasteiger partial charge in [0, 0.05) is 78.5 Å². The molecule has 0 unspecified atom stereocenters. The number of benzene rings is 17. The Kier molecular flexibility index (Phi) is 19.9. The molecular weight excluding hydrogens is 1750 g/mol. The lowest BCUT2D eigenvalue weighted by Crippen LogP contribution is -2.36. The molecule has 0 atom stereocenters. The summed E-state index contributed by atoms with van der Waals surface area (Å²) in [5.74, 6) is 0.254. The SMILES string of the molecule is Brc1ccc2c(c1)C1(c3ccccc3-2)c2ccccc2N(c2ccccc2)c2ccccc21.Brc1cccc2c1-c1ccccc1C21c2ccccc2N(c2ccccc2)c2ccccc21.Brc1ccccc1N(c1ccccc1)c1ccccc1.O=C1c2ccccc2-c2c(Br)cccc21.O=C1c2ccccc2-c2ccc(Br)cc21. The van der Waals surface area contributed by atoms with Gasteiger partial charge in [0.1, 0.15) is 0 Å². The molecule has 0 radical (unpaired) electrons. The van der Waals surface area contributed by atoms with Gasteiger partial charge < -0.3 is 14.7 Å². The topological polar surface area (TPSA) is 43.9 Å². The van der Waals surface area contributed by atoms with E-state index in [-0.39, 0.29) is 22.4 Å². The van der Waals surface area contributed by atoms with Crippen LogP contribution in [0, 0.1) is 0 Å². The Morgan fingerprint density at radius 3 is 1.07 bits per heavy atom. The van der Waals surface area contributed by atoms with Gasteiger partial charge in [-0.25, -0.2) is 0 Å². The van der Waals surface area contributed by atoms with E-state index in [1.165, 1.54) is 101 Å². The Labute approximate surface area is 717 Å². The number of carbonyl (C=O) groups excluding carboxylic acids is 2. The standard InChI is InChI=1S/2C31H20BrN.C18H14BrN.2C13H7BrO/c32-27-18-10-17-26-30(27)22-13-4-5-14-23(22)31(26)24-15-6-8-19-28(24)33(21-11-2-1-3-12-21)29-20-9-7-16-25(29)31;32-21-18-19-24-23-12-4-5-13-25(23)31(28(24)20-21)26-14-6-8-16-29(26)33(22-10-2-1-3-11-22)30-17-9-7-15-27(30)31;19-17-13-7-8-14-18(17)20(15-9-3-1-4-10-15)16-11-5-2-6-12-16;14-11-7-3-6-10-12(11)8-4-1-2-5-9(8)13(10)15;14-8-5-6-10-9-3-1-2-4-11(9)13(15)12(10)7-8/h2*1-20H;1-14H;2*1-7H. The number of para-hydroxylation sites is 9. The third-order valence-electron chi connectivity index (χ3n) is 22.8. The number of nitrogens with zero attached hydrogens (tertiary/aromatic N) is 3. The molecule has 6 aliphatic rings. The fourth-order valence-electron chi connectivity index (χ4n) is 18.1. The van der Waals surface area contributed by atoms with Crippen molar-refractivity contribution in [3.63, 3.8) is 0 Å². The largest absolute Gasteiger partial charge is 0.310 e. The van der Waals surface area contributed by atoms with E-state index >= 15 is 0 Å². The maximum atomic E-state index is 12.0. The number of carbonyl (C=O) groups is 2. The van der Waals surface area contributed by atoms with Crippen molar-refractivity contribution in [1.29, 1.82) is 0 Å². The lowest BCUT2D eigenvalue weighted by molar-refractivity contribution is 0.103. The van der Waals surface area contributed by atoms with E-state index < -0.39 is 0 Å². The quantitative estimate of drug-likeness (QED) is 0.172. The van der Waals surface area contributed by atoms with Crippen LogP contribution < -0.4 is 14.7 Å². The lowest BCUT2D eigenvalue weighted by Gasteiger charge is -2.45. The highest BCUT2D eigenvalue weighted by atomic mass is 79.9. The Hall–Kier alpha value is -12.1. The molecule has 0 N–H and O–H groups in total. The van der Waals surface area contributed by atoms with Gasteiger partial charge in [-0.1, -0.05) is 355 Å². The van der Waals surface area contributed by atoms with Crippen molar-refractivity contribution >= 4 is 142 Å². The Bertz CT molecular complexity index is 6410. The normalized spacial score (nSPS) is 13.2. The molecule has 554 valence electrons. The van der Waals surface area contributed by atoms with Crippen molar-refractivity contribution in [3.05, 3.63) is 502 Å². The van der Waals surface area contributed by atoms with Gasteiger partial charge >= 0.3 is 0 Å². The Morgan fingerprint density at radius 2 is 0.543 bits per heavy atom. The van der Waals surface area contributed by atoms with E-state index in [9.17, 15) is 9.59 Å². The van der Waals surface area contributed by atoms with Crippen LogP contribution in [-0.4, -0.2) is 11.6 Å². The zero-order valence-corrected chi connectivity index (χ0v) is 70.2. The monoisotopic (exact) mass is 1810 g/mol. The van der Waals surface area contributed by atoms with Crippen molar-refractivity contribution in [2.75, 3.05) is 14.7 Å². The van der Waals surface area contributed by atoms with Gasteiger partial charge in [0.25, 0.3) is 0 Å². The van der Waals surface area contributed by atoms with Crippen LogP contribution in [-0.2, 0) is 10.8 Å². The summed E-state index contributed by atoms with van der Waals surface area (Å²) in [6.45, 7) is 0. The fourth-order valence-corrected chi connectivity index (χ4v) is 20.5. The maximum absolute atomic E-state index is 12.0. The summed E-state index contributed by atoms with van der Waals surface area (Å²) in [4.78, 5) is 31.1. The van der Waals surface area contributed by atoms with Gasteiger partial charge in [-0.05, 0) is 215 Å². The highest BCUT2D eigenvalue weighted by Crippen LogP contribution is 2.66. The molecule has 116 heavy (non-hydrogen) atoms. The van der Waals surface area contributed by atoms with Crippen LogP contribution in [0.2, 0.25) is 0 Å². The van der Waals surface area contributed by atoms with Crippen molar-refractivity contribution in [3.8, 4) is 44.5 Å². The molecule has 23 rings (SSSR count). The molecule has 0 bridgehead atoms. The molecule has 0 saturated heterocycles. The first-order chi connectivity index (χ1) is 57.0. The second-order valence-electron chi connectivity index (χ2n) is 28.9. The second kappa shape index (κ2) is 31.2. The molecule has 10 heteroatoms. The Morgan fingerprint density at radius 1 is 0.216 bits per heavy atom. The average molecular weight is 1820 g/mol. The van der Waals surface area contributed by atoms with Crippen LogP contribution in [0.25, 0.3) is 44.5 Å². The van der Waals surface area contributed by atoms with Crippen molar-refractivity contribution in [1.82, 2.24) is 0 Å². The van der Waals surface area contributed by atoms with Crippen molar-refractivity contribution < 1.29 is 9.59 Å². The summed E-state index contributed by atoms with van der Waals surface area (Å²) in [5, 5.41) is 0. The smallest absolute Gasteiger partial charge is 0.194 e. The van der Waals surface area contributed by atoms with Crippen molar-refractivity contribution in [2.45, 2.75) is 10.8 Å². The van der Waals surface area contributed by atoms with Crippen LogP contribution in [0.3, 0.4) is 0 Å². The highest BCUT2D eigenvalue weighted by Gasteiger charge is 2.54. The molecule has 5 nitrogen and oxygen atoms in total. The first-order valence-corrected chi connectivity index (χ1v) is 42.4. The number of anilines is 9. The number of ketones is 2. The minimum absolute atomic E-state index is 0.127. The molecule has 0 amide bonds. The number of hydrogen-bond acceptors (Lipinski definition) is 5. The van der Waals surface area contributed by atoms with Gasteiger partial charge in [-0.2, -0.15) is 0 Å². The summed E-state index contributed by atoms with van der Waals surface area (Å²) in [7, 11) is 0. The zero-order chi connectivity index (χ0) is 78.6. The van der Waals surface area contributed by atoms with E-state index in [0.29, 0.717) is 0 Å². The molecule has 17 aromatic carbocycles. The summed E-state index contributed by atoms with van der Waals surface area (Å²) in [6, 6.07) is 144. The molecule has 0 saturated carbocycles. The molecule has 17 aromatic rings. The van der Waals surface area contributed by atoms with E-state index in [0.717, 1.165) is 83.9 Å². The lowest BCUT2D eigenvalue weighted by atomic mass is 9.64. The summed E-state index contributed by atoms with van der Waals surface area (Å²) in [6.07, 6.45) is 0. The van der Waals surface area contributed by atoms with Crippen molar-refractivity contribution in [2.24, 2.45) is 0 Å². The second-order valence-corrected chi connectivity index (χ2v) is 33.3. The van der Waals surface area contributed by atoms with Gasteiger partial charge in [0.05, 0.1) is 39.3 Å². The molecular formula is C106H68Br5N3O2. The third kappa shape index (κ3) is 12.4. The zero-order valence-electron chi connectivity index (χ0n) is 62.3. The van der Waals surface area contributed by atoms with Crippen LogP contribution in [0.4, 0.5) is 51.2 Å². The summed E-state index contributed by atoms with van der Waals surface area (Å²) in [5.41, 5.74) is 33.2. The highest BCUT2D eigenvalue weighted by molar-refractivity contribution is 9.11. The minimum atomic E-state index is -0.367. The number of hydrogen-bond donors (Lipinski definition) is 0. The third-order valence-corrected chi connectivity index (χ3v) is 25.7. The molecule has 0 fully saturated rings. The first-order valence-electron chi connectivity index (χ1n) is 38.4. The van der Waals surface area contributed by atoms with E-state index in [4.69, 9.17) is 0 Å². The van der Waals surface area contributed by atoms with Crippen LogP contribution in [0.1, 0.15) is 76.4 Å². The van der Waals surface area contributed by atoms with Crippen LogP contribution in [0.5, 0.6) is 0 Å². The minimum Gasteiger partial charge on any atom is -0.310 e. The van der Waals surface area contributed by atoms with Gasteiger partial charge in [0.2, 0.25) is 0 Å².